The number of fused-ring (bicyclic) bond motifs is 1. The highest BCUT2D eigenvalue weighted by Gasteiger charge is 2.19. The average molecular weight is 374 g/mol. The van der Waals surface area contributed by atoms with Gasteiger partial charge in [-0.05, 0) is 38.3 Å². The van der Waals surface area contributed by atoms with Crippen molar-refractivity contribution in [2.75, 3.05) is 18.8 Å². The average Bonchev–Trinajstić information content (AvgIpc) is 2.95. The van der Waals surface area contributed by atoms with Crippen LogP contribution in [0.5, 0.6) is 0 Å². The molecule has 26 heavy (non-hydrogen) atoms. The normalized spacial score (nSPS) is 16.5. The fourth-order valence-corrected chi connectivity index (χ4v) is 4.34. The first kappa shape index (κ1) is 19.0. The van der Waals surface area contributed by atoms with Gasteiger partial charge in [-0.25, -0.2) is 4.98 Å². The topological polar surface area (TPSA) is 55.2 Å². The van der Waals surface area contributed by atoms with E-state index in [1.54, 1.807) is 4.57 Å². The van der Waals surface area contributed by atoms with Gasteiger partial charge in [0.15, 0.2) is 5.16 Å². The molecular formula is C20H27N3O2S. The molecule has 1 saturated heterocycles. The Kier molecular flexibility index (Phi) is 6.35. The first-order valence-corrected chi connectivity index (χ1v) is 10.5. The van der Waals surface area contributed by atoms with Gasteiger partial charge in [-0.1, -0.05) is 43.7 Å². The number of carbonyl (C=O) groups excluding carboxylic acids is 1. The van der Waals surface area contributed by atoms with Crippen LogP contribution in [0.4, 0.5) is 0 Å². The van der Waals surface area contributed by atoms with Gasteiger partial charge in [-0.2, -0.15) is 0 Å². The quantitative estimate of drug-likeness (QED) is 0.590. The van der Waals surface area contributed by atoms with Gasteiger partial charge in [0.25, 0.3) is 5.56 Å². The molecule has 2 heterocycles. The van der Waals surface area contributed by atoms with Crippen molar-refractivity contribution >= 4 is 28.6 Å². The molecule has 0 bridgehead atoms. The van der Waals surface area contributed by atoms with Gasteiger partial charge in [-0.15, -0.1) is 0 Å². The van der Waals surface area contributed by atoms with Crippen LogP contribution in [0.2, 0.25) is 0 Å². The summed E-state index contributed by atoms with van der Waals surface area (Å²) < 4.78 is 1.75. The second-order valence-electron chi connectivity index (χ2n) is 6.93. The van der Waals surface area contributed by atoms with Gasteiger partial charge in [0.1, 0.15) is 0 Å². The Morgan fingerprint density at radius 1 is 1.19 bits per heavy atom. The molecule has 1 aromatic heterocycles. The smallest absolute Gasteiger partial charge is 0.262 e. The molecule has 0 unspecified atom stereocenters. The predicted octanol–water partition coefficient (Wildman–Crippen LogP) is 3.86. The molecule has 1 amide bonds. The maximum Gasteiger partial charge on any atom is 0.262 e. The standard InChI is InChI=1S/C20H27N3O2S/c1-3-15(2)23-19(25)16-10-6-7-11-17(16)21-20(23)26-14-18(24)22-12-8-4-5-9-13-22/h6-7,10-11,15H,3-5,8-9,12-14H2,1-2H3/t15-/m1/s1. The van der Waals surface area contributed by atoms with Crippen molar-refractivity contribution in [3.8, 4) is 0 Å². The summed E-state index contributed by atoms with van der Waals surface area (Å²) in [5.74, 6) is 0.483. The SMILES string of the molecule is CC[C@@H](C)n1c(SCC(=O)N2CCCCCC2)nc2ccccc2c1=O. The van der Waals surface area contributed by atoms with Crippen LogP contribution in [0.1, 0.15) is 52.0 Å². The summed E-state index contributed by atoms with van der Waals surface area (Å²) in [4.78, 5) is 32.2. The number of carbonyl (C=O) groups is 1. The van der Waals surface area contributed by atoms with Crippen molar-refractivity contribution in [3.05, 3.63) is 34.6 Å². The Morgan fingerprint density at radius 3 is 2.58 bits per heavy atom. The zero-order valence-electron chi connectivity index (χ0n) is 15.6. The minimum Gasteiger partial charge on any atom is -0.342 e. The lowest BCUT2D eigenvalue weighted by Crippen LogP contribution is -2.33. The Labute approximate surface area is 158 Å². The summed E-state index contributed by atoms with van der Waals surface area (Å²) in [5, 5.41) is 1.28. The molecule has 2 aromatic rings. The molecule has 1 aliphatic heterocycles. The molecule has 1 aromatic carbocycles. The van der Waals surface area contributed by atoms with E-state index in [1.165, 1.54) is 24.6 Å². The van der Waals surface area contributed by atoms with E-state index in [2.05, 4.69) is 6.92 Å². The highest BCUT2D eigenvalue weighted by molar-refractivity contribution is 7.99. The number of para-hydroxylation sites is 1. The summed E-state index contributed by atoms with van der Waals surface area (Å²) >= 11 is 1.39. The first-order chi connectivity index (χ1) is 12.6. The molecule has 0 aliphatic carbocycles. The molecule has 140 valence electrons. The second kappa shape index (κ2) is 8.71. The highest BCUT2D eigenvalue weighted by atomic mass is 32.2. The highest BCUT2D eigenvalue weighted by Crippen LogP contribution is 2.23. The largest absolute Gasteiger partial charge is 0.342 e. The number of aromatic nitrogens is 2. The van der Waals surface area contributed by atoms with Gasteiger partial charge in [0.2, 0.25) is 5.91 Å². The lowest BCUT2D eigenvalue weighted by Gasteiger charge is -2.21. The number of hydrogen-bond donors (Lipinski definition) is 0. The van der Waals surface area contributed by atoms with Gasteiger partial charge >= 0.3 is 0 Å². The summed E-state index contributed by atoms with van der Waals surface area (Å²) in [6, 6.07) is 7.48. The third kappa shape index (κ3) is 4.11. The number of likely N-dealkylation sites (tertiary alicyclic amines) is 1. The van der Waals surface area contributed by atoms with Crippen LogP contribution in [0, 0.1) is 0 Å². The Hall–Kier alpha value is -1.82. The summed E-state index contributed by atoms with van der Waals surface area (Å²) in [6.45, 7) is 5.78. The van der Waals surface area contributed by atoms with Gasteiger partial charge in [-0.3, -0.25) is 14.2 Å². The van der Waals surface area contributed by atoms with Crippen LogP contribution in [0.25, 0.3) is 10.9 Å². The van der Waals surface area contributed by atoms with E-state index in [9.17, 15) is 9.59 Å². The summed E-state index contributed by atoms with van der Waals surface area (Å²) in [7, 11) is 0. The van der Waals surface area contributed by atoms with Gasteiger partial charge in [0.05, 0.1) is 16.7 Å². The van der Waals surface area contributed by atoms with E-state index in [1.807, 2.05) is 36.1 Å². The van der Waals surface area contributed by atoms with Crippen LogP contribution < -0.4 is 5.56 Å². The number of thioether (sulfide) groups is 1. The van der Waals surface area contributed by atoms with Crippen molar-refractivity contribution in [2.24, 2.45) is 0 Å². The number of nitrogens with zero attached hydrogens (tertiary/aromatic N) is 3. The van der Waals surface area contributed by atoms with Crippen LogP contribution in [-0.2, 0) is 4.79 Å². The second-order valence-corrected chi connectivity index (χ2v) is 7.87. The number of hydrogen-bond acceptors (Lipinski definition) is 4. The predicted molar refractivity (Wildman–Crippen MR) is 107 cm³/mol. The molecule has 1 aliphatic rings. The van der Waals surface area contributed by atoms with Crippen molar-refractivity contribution in [2.45, 2.75) is 57.1 Å². The van der Waals surface area contributed by atoms with Crippen LogP contribution in [-0.4, -0.2) is 39.2 Å². The minimum atomic E-state index is -0.0188. The number of benzene rings is 1. The van der Waals surface area contributed by atoms with E-state index in [-0.39, 0.29) is 17.5 Å². The summed E-state index contributed by atoms with van der Waals surface area (Å²) in [6.07, 6.45) is 5.42. The van der Waals surface area contributed by atoms with Gasteiger partial charge in [0, 0.05) is 19.1 Å². The molecule has 1 atom stereocenters. The maximum atomic E-state index is 13.0. The Bertz CT molecular complexity index is 825. The van der Waals surface area contributed by atoms with Gasteiger partial charge < -0.3 is 4.90 Å². The molecule has 0 N–H and O–H groups in total. The third-order valence-electron chi connectivity index (χ3n) is 5.09. The molecule has 3 rings (SSSR count). The molecular weight excluding hydrogens is 346 g/mol. The molecule has 6 heteroatoms. The van der Waals surface area contributed by atoms with Crippen molar-refractivity contribution in [1.82, 2.24) is 14.5 Å². The van der Waals surface area contributed by atoms with Crippen LogP contribution in [0.3, 0.4) is 0 Å². The van der Waals surface area contributed by atoms with E-state index >= 15 is 0 Å². The van der Waals surface area contributed by atoms with Crippen LogP contribution >= 0.6 is 11.8 Å². The molecule has 1 fully saturated rings. The monoisotopic (exact) mass is 373 g/mol. The lowest BCUT2D eigenvalue weighted by atomic mass is 10.2. The zero-order chi connectivity index (χ0) is 18.5. The lowest BCUT2D eigenvalue weighted by molar-refractivity contribution is -0.128. The van der Waals surface area contributed by atoms with Crippen molar-refractivity contribution in [3.63, 3.8) is 0 Å². The third-order valence-corrected chi connectivity index (χ3v) is 6.03. The van der Waals surface area contributed by atoms with E-state index in [0.717, 1.165) is 32.4 Å². The summed E-state index contributed by atoms with van der Waals surface area (Å²) in [5.41, 5.74) is 0.677. The fraction of sp³-hybridized carbons (Fsp3) is 0.550. The minimum absolute atomic E-state index is 0.0188. The van der Waals surface area contributed by atoms with Crippen molar-refractivity contribution in [1.29, 1.82) is 0 Å². The van der Waals surface area contributed by atoms with E-state index < -0.39 is 0 Å². The zero-order valence-corrected chi connectivity index (χ0v) is 16.4. The maximum absolute atomic E-state index is 13.0. The Morgan fingerprint density at radius 2 is 1.88 bits per heavy atom. The number of amides is 1. The molecule has 0 radical (unpaired) electrons. The first-order valence-electron chi connectivity index (χ1n) is 9.53. The number of rotatable bonds is 5. The van der Waals surface area contributed by atoms with E-state index in [4.69, 9.17) is 4.98 Å². The van der Waals surface area contributed by atoms with Crippen molar-refractivity contribution < 1.29 is 4.79 Å². The fourth-order valence-electron chi connectivity index (χ4n) is 3.34. The van der Waals surface area contributed by atoms with Crippen LogP contribution in [0.15, 0.2) is 34.2 Å². The Balaban J connectivity index is 1.86. The molecule has 0 saturated carbocycles. The molecule has 5 nitrogen and oxygen atoms in total. The van der Waals surface area contributed by atoms with E-state index in [0.29, 0.717) is 21.8 Å². The molecule has 0 spiro atoms.